The Morgan fingerprint density at radius 2 is 2.15 bits per heavy atom. The summed E-state index contributed by atoms with van der Waals surface area (Å²) in [6.07, 6.45) is 1.35. The molecule has 0 fully saturated rings. The Hall–Kier alpha value is -2.54. The number of nitro benzene ring substituents is 1. The van der Waals surface area contributed by atoms with Crippen LogP contribution in [0.4, 0.5) is 11.5 Å². The first-order valence-electron chi connectivity index (χ1n) is 5.60. The Morgan fingerprint density at radius 3 is 2.85 bits per heavy atom. The zero-order chi connectivity index (χ0) is 14.5. The third-order valence-corrected chi connectivity index (χ3v) is 2.52. The zero-order valence-electron chi connectivity index (χ0n) is 10.4. The van der Waals surface area contributed by atoms with Gasteiger partial charge in [0.2, 0.25) is 0 Å². The summed E-state index contributed by atoms with van der Waals surface area (Å²) in [6.45, 7) is 1.70. The molecular formula is C12H10ClN5O2. The standard InChI is InChI=1S/C12H10ClN5O2/c1-8-15-11(13)6-12(16-8)17-14-7-9-4-2-3-5-10(9)18(19)20/h2-7H,1H3,(H,15,16,17)/b14-7-. The molecule has 0 radical (unpaired) electrons. The van der Waals surface area contributed by atoms with Crippen LogP contribution in [-0.4, -0.2) is 21.1 Å². The SMILES string of the molecule is Cc1nc(Cl)cc(N/N=C\c2ccccc2[N+](=O)[O-])n1. The number of hydrogen-bond donors (Lipinski definition) is 1. The topological polar surface area (TPSA) is 93.3 Å². The van der Waals surface area contributed by atoms with Crippen molar-refractivity contribution < 1.29 is 4.92 Å². The highest BCUT2D eigenvalue weighted by molar-refractivity contribution is 6.29. The number of nitro groups is 1. The van der Waals surface area contributed by atoms with Crippen molar-refractivity contribution in [3.63, 3.8) is 0 Å². The van der Waals surface area contributed by atoms with Gasteiger partial charge in [-0.3, -0.25) is 15.5 Å². The number of para-hydroxylation sites is 1. The number of nitrogens with zero attached hydrogens (tertiary/aromatic N) is 4. The van der Waals surface area contributed by atoms with Crippen molar-refractivity contribution in [2.24, 2.45) is 5.10 Å². The first kappa shape index (κ1) is 13.9. The molecule has 0 aliphatic heterocycles. The van der Waals surface area contributed by atoms with E-state index in [4.69, 9.17) is 11.6 Å². The minimum absolute atomic E-state index is 0.0186. The maximum Gasteiger partial charge on any atom is 0.278 e. The Bertz CT molecular complexity index is 654. The zero-order valence-corrected chi connectivity index (χ0v) is 11.2. The average Bonchev–Trinajstić information content (AvgIpc) is 2.38. The minimum atomic E-state index is -0.465. The van der Waals surface area contributed by atoms with Gasteiger partial charge in [0.25, 0.3) is 5.69 Å². The summed E-state index contributed by atoms with van der Waals surface area (Å²) in [6, 6.07) is 7.80. The van der Waals surface area contributed by atoms with Crippen molar-refractivity contribution in [3.8, 4) is 0 Å². The van der Waals surface area contributed by atoms with Crippen molar-refractivity contribution in [1.82, 2.24) is 9.97 Å². The summed E-state index contributed by atoms with van der Waals surface area (Å²) in [5.74, 6) is 0.915. The van der Waals surface area contributed by atoms with E-state index in [2.05, 4.69) is 20.5 Å². The normalized spacial score (nSPS) is 10.7. The molecule has 20 heavy (non-hydrogen) atoms. The number of aryl methyl sites for hydroxylation is 1. The molecule has 0 saturated heterocycles. The molecule has 1 heterocycles. The van der Waals surface area contributed by atoms with E-state index in [0.29, 0.717) is 22.4 Å². The molecule has 1 aromatic carbocycles. The van der Waals surface area contributed by atoms with Gasteiger partial charge < -0.3 is 0 Å². The van der Waals surface area contributed by atoms with Crippen LogP contribution in [0.5, 0.6) is 0 Å². The highest BCUT2D eigenvalue weighted by Gasteiger charge is 2.09. The van der Waals surface area contributed by atoms with Gasteiger partial charge in [0, 0.05) is 12.1 Å². The van der Waals surface area contributed by atoms with E-state index in [1.165, 1.54) is 18.3 Å². The summed E-state index contributed by atoms with van der Waals surface area (Å²) < 4.78 is 0. The lowest BCUT2D eigenvalue weighted by molar-refractivity contribution is -0.385. The van der Waals surface area contributed by atoms with Gasteiger partial charge >= 0.3 is 0 Å². The van der Waals surface area contributed by atoms with Crippen molar-refractivity contribution >= 4 is 29.3 Å². The van der Waals surface area contributed by atoms with E-state index in [0.717, 1.165) is 0 Å². The molecule has 1 N–H and O–H groups in total. The fraction of sp³-hybridized carbons (Fsp3) is 0.0833. The van der Waals surface area contributed by atoms with Gasteiger partial charge in [-0.25, -0.2) is 9.97 Å². The maximum atomic E-state index is 10.8. The lowest BCUT2D eigenvalue weighted by atomic mass is 10.2. The molecule has 1 aromatic heterocycles. The van der Waals surface area contributed by atoms with E-state index in [9.17, 15) is 10.1 Å². The average molecular weight is 292 g/mol. The predicted molar refractivity (Wildman–Crippen MR) is 76.1 cm³/mol. The largest absolute Gasteiger partial charge is 0.278 e. The highest BCUT2D eigenvalue weighted by atomic mass is 35.5. The van der Waals surface area contributed by atoms with E-state index in [1.54, 1.807) is 25.1 Å². The highest BCUT2D eigenvalue weighted by Crippen LogP contribution is 2.15. The van der Waals surface area contributed by atoms with Crippen LogP contribution in [0, 0.1) is 17.0 Å². The fourth-order valence-corrected chi connectivity index (χ4v) is 1.75. The van der Waals surface area contributed by atoms with Crippen LogP contribution >= 0.6 is 11.6 Å². The molecule has 0 unspecified atom stereocenters. The summed E-state index contributed by atoms with van der Waals surface area (Å²) in [5, 5.41) is 15.0. The fourth-order valence-electron chi connectivity index (χ4n) is 1.52. The molecule has 0 aliphatic rings. The van der Waals surface area contributed by atoms with Gasteiger partial charge in [0.15, 0.2) is 5.82 Å². The third-order valence-electron chi connectivity index (χ3n) is 2.32. The quantitative estimate of drug-likeness (QED) is 0.404. The number of rotatable bonds is 4. The predicted octanol–water partition coefficient (Wildman–Crippen LogP) is 2.79. The van der Waals surface area contributed by atoms with Crippen LogP contribution in [0.2, 0.25) is 5.15 Å². The van der Waals surface area contributed by atoms with E-state index < -0.39 is 4.92 Å². The van der Waals surface area contributed by atoms with Gasteiger partial charge in [-0.05, 0) is 13.0 Å². The summed E-state index contributed by atoms with van der Waals surface area (Å²) in [7, 11) is 0. The second-order valence-electron chi connectivity index (χ2n) is 3.81. The number of aromatic nitrogens is 2. The van der Waals surface area contributed by atoms with Crippen molar-refractivity contribution in [1.29, 1.82) is 0 Å². The maximum absolute atomic E-state index is 10.8. The number of halogens is 1. The Kier molecular flexibility index (Phi) is 4.21. The summed E-state index contributed by atoms with van der Waals surface area (Å²) in [5.41, 5.74) is 3.02. The van der Waals surface area contributed by atoms with E-state index in [1.807, 2.05) is 0 Å². The molecule has 0 amide bonds. The van der Waals surface area contributed by atoms with Crippen LogP contribution in [0.15, 0.2) is 35.4 Å². The van der Waals surface area contributed by atoms with Crippen LogP contribution in [0.25, 0.3) is 0 Å². The Morgan fingerprint density at radius 1 is 1.40 bits per heavy atom. The van der Waals surface area contributed by atoms with Gasteiger partial charge in [0.1, 0.15) is 11.0 Å². The minimum Gasteiger partial charge on any atom is -0.261 e. The van der Waals surface area contributed by atoms with Crippen LogP contribution < -0.4 is 5.43 Å². The van der Waals surface area contributed by atoms with Crippen molar-refractivity contribution in [2.45, 2.75) is 6.92 Å². The summed E-state index contributed by atoms with van der Waals surface area (Å²) >= 11 is 5.78. The lowest BCUT2D eigenvalue weighted by Crippen LogP contribution is -1.98. The van der Waals surface area contributed by atoms with E-state index >= 15 is 0 Å². The number of anilines is 1. The Labute approximate surface area is 119 Å². The van der Waals surface area contributed by atoms with E-state index in [-0.39, 0.29) is 5.69 Å². The second-order valence-corrected chi connectivity index (χ2v) is 4.20. The molecule has 0 saturated carbocycles. The Balaban J connectivity index is 2.16. The number of hydrazone groups is 1. The first-order chi connectivity index (χ1) is 9.56. The van der Waals surface area contributed by atoms with Crippen LogP contribution in [-0.2, 0) is 0 Å². The van der Waals surface area contributed by atoms with Gasteiger partial charge in [-0.15, -0.1) is 0 Å². The molecule has 0 spiro atoms. The molecule has 0 bridgehead atoms. The molecule has 2 rings (SSSR count). The molecule has 2 aromatic rings. The molecule has 8 heteroatoms. The molecular weight excluding hydrogens is 282 g/mol. The monoisotopic (exact) mass is 291 g/mol. The van der Waals surface area contributed by atoms with Crippen LogP contribution in [0.1, 0.15) is 11.4 Å². The number of hydrogen-bond acceptors (Lipinski definition) is 6. The molecule has 0 atom stereocenters. The number of benzene rings is 1. The lowest BCUT2D eigenvalue weighted by Gasteiger charge is -2.01. The summed E-state index contributed by atoms with van der Waals surface area (Å²) in [4.78, 5) is 18.3. The van der Waals surface area contributed by atoms with Crippen molar-refractivity contribution in [2.75, 3.05) is 5.43 Å². The molecule has 102 valence electrons. The van der Waals surface area contributed by atoms with Gasteiger partial charge in [-0.1, -0.05) is 23.7 Å². The number of nitrogens with one attached hydrogen (secondary N) is 1. The molecule has 0 aliphatic carbocycles. The van der Waals surface area contributed by atoms with Gasteiger partial charge in [0.05, 0.1) is 16.7 Å². The first-order valence-corrected chi connectivity index (χ1v) is 5.98. The van der Waals surface area contributed by atoms with Gasteiger partial charge in [-0.2, -0.15) is 5.10 Å². The van der Waals surface area contributed by atoms with Crippen molar-refractivity contribution in [3.05, 3.63) is 57.0 Å². The smallest absolute Gasteiger partial charge is 0.261 e. The third kappa shape index (κ3) is 3.48. The second kappa shape index (κ2) is 6.07. The van der Waals surface area contributed by atoms with Crippen LogP contribution in [0.3, 0.4) is 0 Å². The molecule has 7 nitrogen and oxygen atoms in total.